The summed E-state index contributed by atoms with van der Waals surface area (Å²) in [5.74, 6) is 0.362. The summed E-state index contributed by atoms with van der Waals surface area (Å²) in [6.07, 6.45) is 0. The van der Waals surface area contributed by atoms with Crippen molar-refractivity contribution < 1.29 is 17.9 Å². The third-order valence-corrected chi connectivity index (χ3v) is 6.92. The molecule has 0 radical (unpaired) electrons. The summed E-state index contributed by atoms with van der Waals surface area (Å²) in [6, 6.07) is 10.5. The average Bonchev–Trinajstić information content (AvgIpc) is 2.68. The Hall–Kier alpha value is -2.38. The highest BCUT2D eigenvalue weighted by Crippen LogP contribution is 2.24. The lowest BCUT2D eigenvalue weighted by molar-refractivity contribution is -0.118. The molecule has 0 aliphatic rings. The number of aryl methyl sites for hydroxylation is 3. The zero-order valence-electron chi connectivity index (χ0n) is 18.0. The first-order valence-corrected chi connectivity index (χ1v) is 11.1. The van der Waals surface area contributed by atoms with Crippen molar-refractivity contribution in [3.8, 4) is 5.75 Å². The second-order valence-electron chi connectivity index (χ2n) is 7.01. The normalized spacial score (nSPS) is 11.6. The van der Waals surface area contributed by atoms with E-state index < -0.39 is 10.0 Å². The first kappa shape index (κ1) is 22.9. The molecular formula is C22H30N2O4S. The highest BCUT2D eigenvalue weighted by molar-refractivity contribution is 7.89. The lowest BCUT2D eigenvalue weighted by Gasteiger charge is -2.24. The number of rotatable bonds is 8. The van der Waals surface area contributed by atoms with Crippen LogP contribution in [-0.2, 0) is 14.8 Å². The first-order valence-electron chi connectivity index (χ1n) is 9.69. The van der Waals surface area contributed by atoms with E-state index in [9.17, 15) is 13.2 Å². The molecule has 0 saturated carbocycles. The maximum atomic E-state index is 13.1. The Bertz CT molecular complexity index is 986. The van der Waals surface area contributed by atoms with Gasteiger partial charge in [0, 0.05) is 19.3 Å². The number of hydrogen-bond donors (Lipinski definition) is 0. The number of carbonyl (C=O) groups is 1. The van der Waals surface area contributed by atoms with Crippen molar-refractivity contribution in [1.29, 1.82) is 0 Å². The number of benzene rings is 2. The third-order valence-electron chi connectivity index (χ3n) is 5.00. The number of anilines is 1. The van der Waals surface area contributed by atoms with Crippen LogP contribution in [0.25, 0.3) is 0 Å². The predicted octanol–water partition coefficient (Wildman–Crippen LogP) is 3.68. The fourth-order valence-electron chi connectivity index (χ4n) is 2.95. The lowest BCUT2D eigenvalue weighted by atomic mass is 10.1. The molecule has 2 aromatic rings. The second-order valence-corrected chi connectivity index (χ2v) is 8.95. The Labute approximate surface area is 174 Å². The SMILES string of the molecule is CCOc1ccc(S(=O)(=O)N(CC)CC(=O)N(C)c2ccc(C)c(C)c2)cc1C. The molecule has 2 rings (SSSR count). The molecule has 0 bridgehead atoms. The van der Waals surface area contributed by atoms with Gasteiger partial charge in [-0.3, -0.25) is 4.79 Å². The molecule has 0 aromatic heterocycles. The number of likely N-dealkylation sites (N-methyl/N-ethyl adjacent to an activating group) is 2. The fourth-order valence-corrected chi connectivity index (χ4v) is 4.43. The molecule has 29 heavy (non-hydrogen) atoms. The van der Waals surface area contributed by atoms with Gasteiger partial charge >= 0.3 is 0 Å². The van der Waals surface area contributed by atoms with Crippen LogP contribution in [0.5, 0.6) is 5.75 Å². The summed E-state index contributed by atoms with van der Waals surface area (Å²) >= 11 is 0. The molecule has 0 N–H and O–H groups in total. The molecule has 0 heterocycles. The minimum atomic E-state index is -3.80. The number of amides is 1. The fraction of sp³-hybridized carbons (Fsp3) is 0.409. The van der Waals surface area contributed by atoms with Crippen LogP contribution in [0.3, 0.4) is 0 Å². The van der Waals surface area contributed by atoms with Gasteiger partial charge < -0.3 is 9.64 Å². The maximum Gasteiger partial charge on any atom is 0.243 e. The highest BCUT2D eigenvalue weighted by atomic mass is 32.2. The van der Waals surface area contributed by atoms with E-state index in [-0.39, 0.29) is 23.9 Å². The summed E-state index contributed by atoms with van der Waals surface area (Å²) in [5, 5.41) is 0. The van der Waals surface area contributed by atoms with Crippen molar-refractivity contribution in [2.45, 2.75) is 39.5 Å². The topological polar surface area (TPSA) is 66.9 Å². The van der Waals surface area contributed by atoms with Crippen LogP contribution >= 0.6 is 0 Å². The van der Waals surface area contributed by atoms with Gasteiger partial charge in [-0.1, -0.05) is 13.0 Å². The van der Waals surface area contributed by atoms with Gasteiger partial charge in [-0.25, -0.2) is 8.42 Å². The molecule has 0 atom stereocenters. The quantitative estimate of drug-likeness (QED) is 0.656. The van der Waals surface area contributed by atoms with Gasteiger partial charge in [0.2, 0.25) is 15.9 Å². The number of ether oxygens (including phenoxy) is 1. The summed E-state index contributed by atoms with van der Waals surface area (Å²) < 4.78 is 32.9. The van der Waals surface area contributed by atoms with Gasteiger partial charge in [0.1, 0.15) is 5.75 Å². The number of hydrogen-bond acceptors (Lipinski definition) is 4. The maximum absolute atomic E-state index is 13.1. The van der Waals surface area contributed by atoms with Crippen LogP contribution in [0, 0.1) is 20.8 Å². The predicted molar refractivity (Wildman–Crippen MR) is 116 cm³/mol. The Kier molecular flexibility index (Phi) is 7.43. The van der Waals surface area contributed by atoms with Gasteiger partial charge in [-0.2, -0.15) is 4.31 Å². The zero-order chi connectivity index (χ0) is 21.8. The summed E-state index contributed by atoms with van der Waals surface area (Å²) in [7, 11) is -2.14. The summed E-state index contributed by atoms with van der Waals surface area (Å²) in [4.78, 5) is 14.4. The van der Waals surface area contributed by atoms with Crippen LogP contribution < -0.4 is 9.64 Å². The van der Waals surface area contributed by atoms with E-state index in [2.05, 4.69) is 0 Å². The van der Waals surface area contributed by atoms with E-state index in [0.29, 0.717) is 12.4 Å². The van der Waals surface area contributed by atoms with E-state index in [1.807, 2.05) is 39.0 Å². The molecule has 158 valence electrons. The number of carbonyl (C=O) groups excluding carboxylic acids is 1. The number of nitrogens with zero attached hydrogens (tertiary/aromatic N) is 2. The Morgan fingerprint density at radius 3 is 2.21 bits per heavy atom. The van der Waals surface area contributed by atoms with Crippen molar-refractivity contribution in [1.82, 2.24) is 4.31 Å². The summed E-state index contributed by atoms with van der Waals surface area (Å²) in [6.45, 7) is 9.87. The zero-order valence-corrected chi connectivity index (χ0v) is 18.8. The molecule has 0 unspecified atom stereocenters. The lowest BCUT2D eigenvalue weighted by Crippen LogP contribution is -2.41. The van der Waals surface area contributed by atoms with Crippen molar-refractivity contribution in [3.05, 3.63) is 53.1 Å². The molecule has 0 saturated heterocycles. The van der Waals surface area contributed by atoms with E-state index in [1.54, 1.807) is 33.0 Å². The van der Waals surface area contributed by atoms with Crippen molar-refractivity contribution in [2.24, 2.45) is 0 Å². The van der Waals surface area contributed by atoms with Crippen molar-refractivity contribution in [3.63, 3.8) is 0 Å². The van der Waals surface area contributed by atoms with E-state index in [4.69, 9.17) is 4.74 Å². The Morgan fingerprint density at radius 1 is 0.966 bits per heavy atom. The standard InChI is InChI=1S/C22H30N2O4S/c1-7-24(15-22(25)23(6)19-10-9-16(3)17(4)13-19)29(26,27)20-11-12-21(28-8-2)18(5)14-20/h9-14H,7-8,15H2,1-6H3. The molecule has 0 spiro atoms. The van der Waals surface area contributed by atoms with Gasteiger partial charge in [0.25, 0.3) is 0 Å². The first-order chi connectivity index (χ1) is 13.6. The Balaban J connectivity index is 2.24. The molecule has 2 aromatic carbocycles. The molecule has 6 nitrogen and oxygen atoms in total. The number of sulfonamides is 1. The van der Waals surface area contributed by atoms with Gasteiger partial charge in [0.15, 0.2) is 0 Å². The second kappa shape index (κ2) is 9.41. The molecule has 1 amide bonds. The monoisotopic (exact) mass is 418 g/mol. The largest absolute Gasteiger partial charge is 0.494 e. The molecular weight excluding hydrogens is 388 g/mol. The molecule has 7 heteroatoms. The van der Waals surface area contributed by atoms with Crippen LogP contribution in [-0.4, -0.2) is 45.4 Å². The molecule has 0 fully saturated rings. The smallest absolute Gasteiger partial charge is 0.243 e. The van der Waals surface area contributed by atoms with Gasteiger partial charge in [0.05, 0.1) is 18.0 Å². The van der Waals surface area contributed by atoms with Crippen LogP contribution in [0.1, 0.15) is 30.5 Å². The minimum Gasteiger partial charge on any atom is -0.494 e. The van der Waals surface area contributed by atoms with Gasteiger partial charge in [-0.15, -0.1) is 0 Å². The van der Waals surface area contributed by atoms with Crippen LogP contribution in [0.2, 0.25) is 0 Å². The molecule has 0 aliphatic heterocycles. The summed E-state index contributed by atoms with van der Waals surface area (Å²) in [5.41, 5.74) is 3.69. The third kappa shape index (κ3) is 5.16. The van der Waals surface area contributed by atoms with Crippen LogP contribution in [0.4, 0.5) is 5.69 Å². The van der Waals surface area contributed by atoms with Crippen LogP contribution in [0.15, 0.2) is 41.3 Å². The van der Waals surface area contributed by atoms with E-state index in [0.717, 1.165) is 22.4 Å². The average molecular weight is 419 g/mol. The molecule has 0 aliphatic carbocycles. The van der Waals surface area contributed by atoms with Gasteiger partial charge in [-0.05, 0) is 74.7 Å². The van der Waals surface area contributed by atoms with E-state index >= 15 is 0 Å². The van der Waals surface area contributed by atoms with E-state index in [1.165, 1.54) is 15.3 Å². The highest BCUT2D eigenvalue weighted by Gasteiger charge is 2.27. The minimum absolute atomic E-state index is 0.155. The van der Waals surface area contributed by atoms with Crippen molar-refractivity contribution in [2.75, 3.05) is 31.6 Å². The Morgan fingerprint density at radius 2 is 1.66 bits per heavy atom. The van der Waals surface area contributed by atoms with Crippen molar-refractivity contribution >= 4 is 21.6 Å².